The van der Waals surface area contributed by atoms with Crippen LogP contribution >= 0.6 is 11.3 Å². The molecular weight excluding hydrogens is 432 g/mol. The lowest BCUT2D eigenvalue weighted by molar-refractivity contribution is -0.166. The molecular formula is C19H24N2O9S. The highest BCUT2D eigenvalue weighted by molar-refractivity contribution is 7.20. The van der Waals surface area contributed by atoms with Crippen LogP contribution in [0, 0.1) is 0 Å². The van der Waals surface area contributed by atoms with Crippen LogP contribution in [0.25, 0.3) is 10.4 Å². The molecule has 0 radical (unpaired) electrons. The van der Waals surface area contributed by atoms with Crippen molar-refractivity contribution < 1.29 is 44.6 Å². The van der Waals surface area contributed by atoms with Crippen LogP contribution in [-0.4, -0.2) is 75.9 Å². The van der Waals surface area contributed by atoms with Crippen LogP contribution in [0.4, 0.5) is 9.80 Å². The number of nitrogens with two attached hydrogens (primary N) is 1. The summed E-state index contributed by atoms with van der Waals surface area (Å²) in [7, 11) is 1.21. The minimum absolute atomic E-state index is 0.135. The van der Waals surface area contributed by atoms with Gasteiger partial charge in [0.1, 0.15) is 23.0 Å². The SMILES string of the molecule is COC(=O)c1cc(-c2ccc(OC(O)C(O)C(O)C(O)CCO)cc2)sc1NC(N)=O. The fraction of sp³-hybridized carbons (Fsp3) is 0.368. The average molecular weight is 456 g/mol. The smallest absolute Gasteiger partial charge is 0.340 e. The Kier molecular flexibility index (Phi) is 8.74. The highest BCUT2D eigenvalue weighted by Crippen LogP contribution is 2.36. The molecule has 4 unspecified atom stereocenters. The quantitative estimate of drug-likeness (QED) is 0.188. The van der Waals surface area contributed by atoms with E-state index in [9.17, 15) is 30.0 Å². The molecule has 0 aliphatic rings. The number of thiophene rings is 1. The van der Waals surface area contributed by atoms with Gasteiger partial charge in [0.15, 0.2) is 0 Å². The van der Waals surface area contributed by atoms with E-state index in [0.717, 1.165) is 11.3 Å². The summed E-state index contributed by atoms with van der Waals surface area (Å²) in [5.41, 5.74) is 5.91. The Hall–Kier alpha value is -2.74. The van der Waals surface area contributed by atoms with E-state index in [-0.39, 0.29) is 22.7 Å². The van der Waals surface area contributed by atoms with E-state index >= 15 is 0 Å². The first-order valence-electron chi connectivity index (χ1n) is 9.06. The van der Waals surface area contributed by atoms with Crippen molar-refractivity contribution in [3.63, 3.8) is 0 Å². The van der Waals surface area contributed by atoms with Gasteiger partial charge in [0, 0.05) is 11.5 Å². The molecule has 11 nitrogen and oxygen atoms in total. The van der Waals surface area contributed by atoms with Crippen LogP contribution in [0.3, 0.4) is 0 Å². The number of primary amides is 1. The maximum atomic E-state index is 11.9. The first-order chi connectivity index (χ1) is 14.7. The summed E-state index contributed by atoms with van der Waals surface area (Å²) in [6.45, 7) is -0.402. The van der Waals surface area contributed by atoms with Gasteiger partial charge in [-0.05, 0) is 42.3 Å². The van der Waals surface area contributed by atoms with Gasteiger partial charge in [0.25, 0.3) is 0 Å². The number of esters is 1. The van der Waals surface area contributed by atoms with Crippen LogP contribution < -0.4 is 15.8 Å². The van der Waals surface area contributed by atoms with Gasteiger partial charge >= 0.3 is 12.0 Å². The normalized spacial score (nSPS) is 14.9. The van der Waals surface area contributed by atoms with Crippen LogP contribution in [0.15, 0.2) is 30.3 Å². The van der Waals surface area contributed by atoms with E-state index in [4.69, 9.17) is 20.3 Å². The Labute approximate surface area is 181 Å². The second-order valence-electron chi connectivity index (χ2n) is 6.43. The van der Waals surface area contributed by atoms with Crippen LogP contribution in [0.5, 0.6) is 5.75 Å². The minimum atomic E-state index is -1.84. The molecule has 0 aliphatic heterocycles. The number of nitrogens with one attached hydrogen (secondary N) is 1. The monoisotopic (exact) mass is 456 g/mol. The third-order valence-electron chi connectivity index (χ3n) is 4.23. The predicted octanol–water partition coefficient (Wildman–Crippen LogP) is -0.145. The van der Waals surface area contributed by atoms with Crippen molar-refractivity contribution in [2.24, 2.45) is 5.73 Å². The lowest BCUT2D eigenvalue weighted by Crippen LogP contribution is -2.46. The molecule has 31 heavy (non-hydrogen) atoms. The van der Waals surface area contributed by atoms with Crippen molar-refractivity contribution in [2.75, 3.05) is 19.0 Å². The first-order valence-corrected chi connectivity index (χ1v) is 9.88. The molecule has 0 bridgehead atoms. The zero-order valence-corrected chi connectivity index (χ0v) is 17.3. The van der Waals surface area contributed by atoms with Crippen molar-refractivity contribution in [3.05, 3.63) is 35.9 Å². The number of rotatable bonds is 10. The standard InChI is InChI=1S/C19H24N2O9S/c1-29-17(26)11-8-13(31-16(11)21-19(20)28)9-2-4-10(5-3-9)30-18(27)15(25)14(24)12(23)6-7-22/h2-5,8,12,14-15,18,22-25,27H,6-7H2,1H3,(H3,20,21,28). The molecule has 0 saturated heterocycles. The van der Waals surface area contributed by atoms with Gasteiger partial charge in [-0.25, -0.2) is 9.59 Å². The molecule has 2 amide bonds. The Balaban J connectivity index is 2.14. The molecule has 12 heteroatoms. The number of hydrogen-bond donors (Lipinski definition) is 7. The molecule has 8 N–H and O–H groups in total. The van der Waals surface area contributed by atoms with E-state index in [2.05, 4.69) is 5.32 Å². The molecule has 170 valence electrons. The molecule has 1 heterocycles. The predicted molar refractivity (Wildman–Crippen MR) is 111 cm³/mol. The fourth-order valence-corrected chi connectivity index (χ4v) is 3.66. The van der Waals surface area contributed by atoms with Crippen molar-refractivity contribution in [3.8, 4) is 16.2 Å². The highest BCUT2D eigenvalue weighted by atomic mass is 32.1. The van der Waals surface area contributed by atoms with E-state index in [1.807, 2.05) is 0 Å². The van der Waals surface area contributed by atoms with Crippen LogP contribution in [0.2, 0.25) is 0 Å². The third kappa shape index (κ3) is 6.37. The lowest BCUT2D eigenvalue weighted by Gasteiger charge is -2.26. The number of urea groups is 1. The number of methoxy groups -OCH3 is 1. The number of anilines is 1. The summed E-state index contributed by atoms with van der Waals surface area (Å²) in [6, 6.07) is 6.84. The number of benzene rings is 1. The molecule has 0 spiro atoms. The van der Waals surface area contributed by atoms with E-state index in [1.54, 1.807) is 12.1 Å². The summed E-state index contributed by atoms with van der Waals surface area (Å²) in [5.74, 6) is -0.496. The first kappa shape index (κ1) is 24.5. The Morgan fingerprint density at radius 2 is 1.77 bits per heavy atom. The van der Waals surface area contributed by atoms with E-state index < -0.39 is 43.2 Å². The van der Waals surface area contributed by atoms with Gasteiger partial charge in [-0.2, -0.15) is 0 Å². The second-order valence-corrected chi connectivity index (χ2v) is 7.48. The van der Waals surface area contributed by atoms with Gasteiger partial charge in [-0.15, -0.1) is 11.3 Å². The zero-order valence-electron chi connectivity index (χ0n) is 16.5. The molecule has 2 rings (SSSR count). The number of ether oxygens (including phenoxy) is 2. The average Bonchev–Trinajstić information content (AvgIpc) is 3.15. The Bertz CT molecular complexity index is 887. The van der Waals surface area contributed by atoms with Gasteiger partial charge in [0.2, 0.25) is 6.29 Å². The summed E-state index contributed by atoms with van der Waals surface area (Å²) >= 11 is 1.10. The van der Waals surface area contributed by atoms with Crippen LogP contribution in [-0.2, 0) is 4.74 Å². The molecule has 1 aromatic heterocycles. The number of aliphatic hydroxyl groups is 5. The van der Waals surface area contributed by atoms with Crippen LogP contribution in [0.1, 0.15) is 16.8 Å². The van der Waals surface area contributed by atoms with E-state index in [1.165, 1.54) is 25.3 Å². The largest absolute Gasteiger partial charge is 0.465 e. The highest BCUT2D eigenvalue weighted by Gasteiger charge is 2.31. The molecule has 0 fully saturated rings. The molecule has 0 saturated carbocycles. The van der Waals surface area contributed by atoms with Crippen molar-refractivity contribution in [1.29, 1.82) is 0 Å². The Morgan fingerprint density at radius 3 is 2.32 bits per heavy atom. The number of hydrogen-bond acceptors (Lipinski definition) is 10. The number of carbonyl (C=O) groups is 2. The summed E-state index contributed by atoms with van der Waals surface area (Å²) < 4.78 is 9.88. The molecule has 4 atom stereocenters. The topological polar surface area (TPSA) is 192 Å². The number of amides is 2. The van der Waals surface area contributed by atoms with Gasteiger partial charge in [-0.3, -0.25) is 5.32 Å². The van der Waals surface area contributed by atoms with Gasteiger partial charge in [-0.1, -0.05) is 0 Å². The third-order valence-corrected chi connectivity index (χ3v) is 5.33. The lowest BCUT2D eigenvalue weighted by atomic mass is 10.1. The summed E-state index contributed by atoms with van der Waals surface area (Å²) in [4.78, 5) is 23.7. The number of carbonyl (C=O) groups excluding carboxylic acids is 2. The molecule has 1 aromatic carbocycles. The minimum Gasteiger partial charge on any atom is -0.465 e. The summed E-state index contributed by atoms with van der Waals surface area (Å²) in [6.07, 6.45) is -7.00. The molecule has 2 aromatic rings. The van der Waals surface area contributed by atoms with Crippen molar-refractivity contribution in [2.45, 2.75) is 31.0 Å². The van der Waals surface area contributed by atoms with Gasteiger partial charge < -0.3 is 40.7 Å². The second kappa shape index (κ2) is 11.0. The maximum Gasteiger partial charge on any atom is 0.340 e. The number of aliphatic hydroxyl groups excluding tert-OH is 5. The maximum absolute atomic E-state index is 11.9. The zero-order chi connectivity index (χ0) is 23.1. The van der Waals surface area contributed by atoms with Crippen molar-refractivity contribution in [1.82, 2.24) is 0 Å². The fourth-order valence-electron chi connectivity index (χ4n) is 2.61. The Morgan fingerprint density at radius 1 is 1.13 bits per heavy atom. The van der Waals surface area contributed by atoms with Crippen molar-refractivity contribution >= 4 is 28.3 Å². The van der Waals surface area contributed by atoms with Gasteiger partial charge in [0.05, 0.1) is 18.8 Å². The summed E-state index contributed by atoms with van der Waals surface area (Å²) in [5, 5.41) is 50.6. The van der Waals surface area contributed by atoms with E-state index in [0.29, 0.717) is 10.4 Å². The molecule has 0 aliphatic carbocycles.